The number of rotatable bonds is 2. The van der Waals surface area contributed by atoms with Gasteiger partial charge in [-0.1, -0.05) is 18.5 Å². The number of nitrogens with zero attached hydrogens (tertiary/aromatic N) is 1. The summed E-state index contributed by atoms with van der Waals surface area (Å²) in [5, 5.41) is 2.32. The number of amides is 3. The number of carbonyl (C=O) groups excluding carboxylic acids is 3. The molecule has 1 N–H and O–H groups in total. The maximum absolute atomic E-state index is 13.8. The van der Waals surface area contributed by atoms with Crippen molar-refractivity contribution in [1.29, 1.82) is 0 Å². The smallest absolute Gasteiger partial charge is 0.257 e. The summed E-state index contributed by atoms with van der Waals surface area (Å²) in [6, 6.07) is 2.85. The van der Waals surface area contributed by atoms with Crippen LogP contribution in [0.5, 0.6) is 0 Å². The van der Waals surface area contributed by atoms with E-state index in [1.807, 2.05) is 0 Å². The lowest BCUT2D eigenvalue weighted by atomic mass is 10.1. The van der Waals surface area contributed by atoms with Gasteiger partial charge in [0.1, 0.15) is 18.4 Å². The molecule has 1 aromatic carbocycles. The van der Waals surface area contributed by atoms with Crippen molar-refractivity contribution >= 4 is 29.3 Å². The Morgan fingerprint density at radius 3 is 2.80 bits per heavy atom. The van der Waals surface area contributed by atoms with E-state index in [1.54, 1.807) is 6.92 Å². The van der Waals surface area contributed by atoms with Gasteiger partial charge < -0.3 is 4.90 Å². The lowest BCUT2D eigenvalue weighted by Gasteiger charge is -2.33. The molecule has 1 fully saturated rings. The van der Waals surface area contributed by atoms with E-state index in [1.165, 1.54) is 12.1 Å². The van der Waals surface area contributed by atoms with Crippen molar-refractivity contribution in [2.24, 2.45) is 0 Å². The molecule has 1 saturated heterocycles. The summed E-state index contributed by atoms with van der Waals surface area (Å²) >= 11 is 5.63. The maximum atomic E-state index is 13.8. The third-order valence-electron chi connectivity index (χ3n) is 3.06. The molecular weight excluding hydrogens is 287 g/mol. The summed E-state index contributed by atoms with van der Waals surface area (Å²) in [7, 11) is 0. The van der Waals surface area contributed by atoms with E-state index in [0.717, 1.165) is 11.0 Å². The number of piperazine rings is 1. The molecule has 0 spiro atoms. The minimum Gasteiger partial charge on any atom is -0.317 e. The summed E-state index contributed by atoms with van der Waals surface area (Å²) < 4.78 is 13.8. The molecule has 20 heavy (non-hydrogen) atoms. The van der Waals surface area contributed by atoms with Gasteiger partial charge in [0.05, 0.1) is 5.56 Å². The van der Waals surface area contributed by atoms with Crippen LogP contribution in [-0.2, 0) is 9.59 Å². The third kappa shape index (κ3) is 2.65. The van der Waals surface area contributed by atoms with Crippen LogP contribution < -0.4 is 5.32 Å². The van der Waals surface area contributed by atoms with Crippen LogP contribution in [0.25, 0.3) is 0 Å². The summed E-state index contributed by atoms with van der Waals surface area (Å²) in [6.45, 7) is 1.43. The van der Waals surface area contributed by atoms with Crippen molar-refractivity contribution in [2.75, 3.05) is 6.54 Å². The van der Waals surface area contributed by atoms with Gasteiger partial charge in [0.15, 0.2) is 0 Å². The van der Waals surface area contributed by atoms with Crippen molar-refractivity contribution in [3.63, 3.8) is 0 Å². The third-order valence-corrected chi connectivity index (χ3v) is 3.30. The standard InChI is InChI=1S/C13H12ClFN2O3/c1-2-10-12(19)16-11(18)6-17(10)13(20)8-4-3-7(14)5-9(8)15/h3-5,10H,2,6H2,1H3,(H,16,18,19). The Labute approximate surface area is 119 Å². The summed E-state index contributed by atoms with van der Waals surface area (Å²) in [4.78, 5) is 36.4. The Bertz CT molecular complexity index is 591. The fourth-order valence-electron chi connectivity index (χ4n) is 2.10. The predicted molar refractivity (Wildman–Crippen MR) is 69.7 cm³/mol. The number of imide groups is 1. The zero-order valence-electron chi connectivity index (χ0n) is 10.7. The quantitative estimate of drug-likeness (QED) is 0.838. The Kier molecular flexibility index (Phi) is 4.04. The molecule has 1 aliphatic heterocycles. The van der Waals surface area contributed by atoms with Crippen molar-refractivity contribution in [3.05, 3.63) is 34.6 Å². The van der Waals surface area contributed by atoms with Gasteiger partial charge in [0, 0.05) is 5.02 Å². The molecule has 0 aromatic heterocycles. The molecular formula is C13H12ClFN2O3. The molecule has 5 nitrogen and oxygen atoms in total. The van der Waals surface area contributed by atoms with Gasteiger partial charge in [-0.3, -0.25) is 19.7 Å². The number of nitrogens with one attached hydrogen (secondary N) is 1. The van der Waals surface area contributed by atoms with E-state index in [4.69, 9.17) is 11.6 Å². The second kappa shape index (κ2) is 5.58. The van der Waals surface area contributed by atoms with E-state index in [0.29, 0.717) is 6.42 Å². The van der Waals surface area contributed by atoms with Crippen LogP contribution in [0, 0.1) is 5.82 Å². The first-order valence-corrected chi connectivity index (χ1v) is 6.41. The van der Waals surface area contributed by atoms with Crippen molar-refractivity contribution in [2.45, 2.75) is 19.4 Å². The zero-order valence-corrected chi connectivity index (χ0v) is 11.4. The lowest BCUT2D eigenvalue weighted by Crippen LogP contribution is -2.59. The Hall–Kier alpha value is -1.95. The van der Waals surface area contributed by atoms with E-state index >= 15 is 0 Å². The van der Waals surface area contributed by atoms with Crippen LogP contribution in [0.15, 0.2) is 18.2 Å². The molecule has 3 amide bonds. The monoisotopic (exact) mass is 298 g/mol. The van der Waals surface area contributed by atoms with Crippen LogP contribution in [0.3, 0.4) is 0 Å². The topological polar surface area (TPSA) is 66.5 Å². The molecule has 1 heterocycles. The molecule has 1 aromatic rings. The van der Waals surface area contributed by atoms with Crippen LogP contribution >= 0.6 is 11.6 Å². The highest BCUT2D eigenvalue weighted by molar-refractivity contribution is 6.30. The molecule has 0 bridgehead atoms. The minimum atomic E-state index is -0.782. The first-order chi connectivity index (χ1) is 9.43. The second-order valence-corrected chi connectivity index (χ2v) is 4.83. The Morgan fingerprint density at radius 1 is 1.50 bits per heavy atom. The lowest BCUT2D eigenvalue weighted by molar-refractivity contribution is -0.138. The molecule has 0 radical (unpaired) electrons. The zero-order chi connectivity index (χ0) is 14.9. The fraction of sp³-hybridized carbons (Fsp3) is 0.308. The summed E-state index contributed by atoms with van der Waals surface area (Å²) in [6.07, 6.45) is 0.333. The van der Waals surface area contributed by atoms with E-state index in [2.05, 4.69) is 5.32 Å². The molecule has 106 valence electrons. The fourth-order valence-corrected chi connectivity index (χ4v) is 2.26. The average Bonchev–Trinajstić information content (AvgIpc) is 2.37. The predicted octanol–water partition coefficient (Wildman–Crippen LogP) is 1.36. The van der Waals surface area contributed by atoms with Crippen LogP contribution in [0.1, 0.15) is 23.7 Å². The Morgan fingerprint density at radius 2 is 2.20 bits per heavy atom. The molecule has 1 aliphatic rings. The molecule has 1 atom stereocenters. The van der Waals surface area contributed by atoms with Gasteiger partial charge in [-0.2, -0.15) is 0 Å². The number of carbonyl (C=O) groups is 3. The van der Waals surface area contributed by atoms with Gasteiger partial charge in [-0.25, -0.2) is 4.39 Å². The van der Waals surface area contributed by atoms with Crippen LogP contribution in [0.2, 0.25) is 5.02 Å². The Balaban J connectivity index is 2.34. The molecule has 2 rings (SSSR count). The average molecular weight is 299 g/mol. The van der Waals surface area contributed by atoms with Gasteiger partial charge in [0.25, 0.3) is 5.91 Å². The van der Waals surface area contributed by atoms with Crippen LogP contribution in [0.4, 0.5) is 4.39 Å². The summed E-state index contributed by atoms with van der Waals surface area (Å²) in [5.41, 5.74) is -0.213. The maximum Gasteiger partial charge on any atom is 0.257 e. The van der Waals surface area contributed by atoms with E-state index < -0.39 is 29.6 Å². The highest BCUT2D eigenvalue weighted by atomic mass is 35.5. The molecule has 0 saturated carbocycles. The van der Waals surface area contributed by atoms with Gasteiger partial charge in [-0.05, 0) is 24.6 Å². The highest BCUT2D eigenvalue weighted by Gasteiger charge is 2.36. The second-order valence-electron chi connectivity index (χ2n) is 4.39. The number of halogens is 2. The number of hydrogen-bond acceptors (Lipinski definition) is 3. The minimum absolute atomic E-state index is 0.165. The molecule has 1 unspecified atom stereocenters. The molecule has 0 aliphatic carbocycles. The normalized spacial score (nSPS) is 18.9. The van der Waals surface area contributed by atoms with Gasteiger partial charge in [-0.15, -0.1) is 0 Å². The van der Waals surface area contributed by atoms with Crippen LogP contribution in [-0.4, -0.2) is 35.2 Å². The first-order valence-electron chi connectivity index (χ1n) is 6.03. The highest BCUT2D eigenvalue weighted by Crippen LogP contribution is 2.19. The van der Waals surface area contributed by atoms with E-state index in [-0.39, 0.29) is 17.1 Å². The van der Waals surface area contributed by atoms with Gasteiger partial charge >= 0.3 is 0 Å². The first kappa shape index (κ1) is 14.5. The van der Waals surface area contributed by atoms with E-state index in [9.17, 15) is 18.8 Å². The number of benzene rings is 1. The van der Waals surface area contributed by atoms with Crippen molar-refractivity contribution < 1.29 is 18.8 Å². The SMILES string of the molecule is CCC1C(=O)NC(=O)CN1C(=O)c1ccc(Cl)cc1F. The number of hydrogen-bond donors (Lipinski definition) is 1. The van der Waals surface area contributed by atoms with Crippen molar-refractivity contribution in [3.8, 4) is 0 Å². The summed E-state index contributed by atoms with van der Waals surface area (Å²) in [5.74, 6) is -2.61. The van der Waals surface area contributed by atoms with Crippen molar-refractivity contribution in [1.82, 2.24) is 10.2 Å². The van der Waals surface area contributed by atoms with Gasteiger partial charge in [0.2, 0.25) is 11.8 Å². The largest absolute Gasteiger partial charge is 0.317 e. The molecule has 7 heteroatoms.